The summed E-state index contributed by atoms with van der Waals surface area (Å²) in [5, 5.41) is 34.9. The Labute approximate surface area is 195 Å². The van der Waals surface area contributed by atoms with Crippen molar-refractivity contribution >= 4 is 17.9 Å². The number of aliphatic hydroxyl groups excluding tert-OH is 3. The Morgan fingerprint density at radius 1 is 1.15 bits per heavy atom. The number of nitrogens with zero attached hydrogens (tertiary/aromatic N) is 4. The van der Waals surface area contributed by atoms with Gasteiger partial charge in [0.1, 0.15) is 18.3 Å². The minimum Gasteiger partial charge on any atom is -0.388 e. The molecule has 10 heteroatoms. The molecule has 0 spiro atoms. The van der Waals surface area contributed by atoms with Crippen LogP contribution in [-0.2, 0) is 21.4 Å². The maximum atomic E-state index is 12.9. The quantitative estimate of drug-likeness (QED) is 0.534. The van der Waals surface area contributed by atoms with E-state index in [2.05, 4.69) is 5.10 Å². The van der Waals surface area contributed by atoms with E-state index < -0.39 is 18.3 Å². The predicted octanol–water partition coefficient (Wildman–Crippen LogP) is 0.0297. The lowest BCUT2D eigenvalue weighted by molar-refractivity contribution is -0.139. The van der Waals surface area contributed by atoms with Crippen molar-refractivity contribution in [2.75, 3.05) is 39.4 Å². The summed E-state index contributed by atoms with van der Waals surface area (Å²) in [6, 6.07) is 1.80. The third-order valence-electron chi connectivity index (χ3n) is 5.59. The average Bonchev–Trinajstić information content (AvgIpc) is 3.18. The molecule has 0 aromatic carbocycles. The molecule has 1 aliphatic heterocycles. The second kappa shape index (κ2) is 13.4. The van der Waals surface area contributed by atoms with Crippen LogP contribution in [0.25, 0.3) is 6.08 Å². The Kier molecular flexibility index (Phi) is 11.0. The Morgan fingerprint density at radius 2 is 1.88 bits per heavy atom. The zero-order valence-corrected chi connectivity index (χ0v) is 19.8. The van der Waals surface area contributed by atoms with Gasteiger partial charge in [-0.1, -0.05) is 13.8 Å². The summed E-state index contributed by atoms with van der Waals surface area (Å²) in [4.78, 5) is 28.8. The van der Waals surface area contributed by atoms with E-state index in [4.69, 9.17) is 4.74 Å². The normalized spacial score (nSPS) is 24.3. The summed E-state index contributed by atoms with van der Waals surface area (Å²) >= 11 is 0. The third kappa shape index (κ3) is 8.88. The first-order valence-corrected chi connectivity index (χ1v) is 11.5. The van der Waals surface area contributed by atoms with E-state index >= 15 is 0 Å². The molecule has 1 aromatic rings. The van der Waals surface area contributed by atoms with Crippen LogP contribution in [0.15, 0.2) is 18.3 Å². The van der Waals surface area contributed by atoms with Crippen molar-refractivity contribution in [2.24, 2.45) is 13.0 Å². The molecule has 1 fully saturated rings. The first-order chi connectivity index (χ1) is 15.7. The van der Waals surface area contributed by atoms with Crippen LogP contribution < -0.4 is 0 Å². The van der Waals surface area contributed by atoms with Crippen molar-refractivity contribution in [3.63, 3.8) is 0 Å². The molecule has 10 nitrogen and oxygen atoms in total. The van der Waals surface area contributed by atoms with Gasteiger partial charge in [0.2, 0.25) is 11.8 Å². The first-order valence-electron chi connectivity index (χ1n) is 11.5. The number of β-amino-alcohol motifs (C(OH)–C–C–N with tert-alkyl or cyclic N) is 1. The van der Waals surface area contributed by atoms with Crippen LogP contribution in [-0.4, -0.2) is 104 Å². The summed E-state index contributed by atoms with van der Waals surface area (Å²) in [5.41, 5.74) is 0.795. The second-order valence-electron chi connectivity index (χ2n) is 8.88. The van der Waals surface area contributed by atoms with E-state index in [0.717, 1.165) is 5.69 Å². The van der Waals surface area contributed by atoms with Crippen LogP contribution >= 0.6 is 0 Å². The molecule has 0 unspecified atom stereocenters. The Morgan fingerprint density at radius 3 is 2.55 bits per heavy atom. The van der Waals surface area contributed by atoms with Crippen molar-refractivity contribution < 1.29 is 29.6 Å². The van der Waals surface area contributed by atoms with E-state index in [9.17, 15) is 24.9 Å². The van der Waals surface area contributed by atoms with Crippen molar-refractivity contribution in [3.8, 4) is 0 Å². The van der Waals surface area contributed by atoms with Crippen molar-refractivity contribution in [3.05, 3.63) is 24.0 Å². The molecule has 2 rings (SSSR count). The molecule has 1 aliphatic rings. The number of hydrogen-bond donors (Lipinski definition) is 3. The smallest absolute Gasteiger partial charge is 0.246 e. The number of aliphatic hydroxyl groups is 3. The molecule has 0 radical (unpaired) electrons. The Hall–Kier alpha value is -2.27. The Balaban J connectivity index is 2.16. The molecule has 33 heavy (non-hydrogen) atoms. The molecular weight excluding hydrogens is 428 g/mol. The van der Waals surface area contributed by atoms with Crippen LogP contribution in [0.5, 0.6) is 0 Å². The summed E-state index contributed by atoms with van der Waals surface area (Å²) in [7, 11) is 1.79. The van der Waals surface area contributed by atoms with Gasteiger partial charge in [0.25, 0.3) is 0 Å². The van der Waals surface area contributed by atoms with Gasteiger partial charge in [0.05, 0.1) is 12.3 Å². The van der Waals surface area contributed by atoms with Gasteiger partial charge in [0.15, 0.2) is 0 Å². The van der Waals surface area contributed by atoms with Gasteiger partial charge >= 0.3 is 0 Å². The molecule has 0 saturated carbocycles. The molecule has 0 bridgehead atoms. The highest BCUT2D eigenvalue weighted by Crippen LogP contribution is 2.11. The number of rotatable bonds is 4. The second-order valence-corrected chi connectivity index (χ2v) is 8.88. The molecule has 186 valence electrons. The highest BCUT2D eigenvalue weighted by Gasteiger charge is 2.29. The molecule has 3 N–H and O–H groups in total. The Bertz CT molecular complexity index is 781. The van der Waals surface area contributed by atoms with Gasteiger partial charge in [-0.05, 0) is 30.9 Å². The fourth-order valence-corrected chi connectivity index (χ4v) is 3.58. The van der Waals surface area contributed by atoms with E-state index in [1.807, 2.05) is 13.8 Å². The van der Waals surface area contributed by atoms with E-state index in [1.54, 1.807) is 35.0 Å². The lowest BCUT2D eigenvalue weighted by atomic mass is 10.1. The van der Waals surface area contributed by atoms with Crippen LogP contribution in [0.2, 0.25) is 0 Å². The summed E-state index contributed by atoms with van der Waals surface area (Å²) in [6.07, 6.45) is 2.45. The molecular formula is C23H38N4O6. The van der Waals surface area contributed by atoms with Gasteiger partial charge in [-0.3, -0.25) is 14.3 Å². The summed E-state index contributed by atoms with van der Waals surface area (Å²) < 4.78 is 7.08. The number of amides is 2. The number of hydrogen-bond acceptors (Lipinski definition) is 7. The fraction of sp³-hybridized carbons (Fsp3) is 0.696. The largest absolute Gasteiger partial charge is 0.388 e. The first kappa shape index (κ1) is 27.0. The van der Waals surface area contributed by atoms with Crippen LogP contribution in [0.4, 0.5) is 0 Å². The van der Waals surface area contributed by atoms with Crippen molar-refractivity contribution in [2.45, 2.75) is 51.4 Å². The van der Waals surface area contributed by atoms with Gasteiger partial charge in [-0.25, -0.2) is 0 Å². The molecule has 2 heterocycles. The molecule has 2 amide bonds. The predicted molar refractivity (Wildman–Crippen MR) is 123 cm³/mol. The maximum Gasteiger partial charge on any atom is 0.246 e. The average molecular weight is 467 g/mol. The number of carbonyl (C=O) groups is 2. The lowest BCUT2D eigenvalue weighted by Crippen LogP contribution is -2.50. The van der Waals surface area contributed by atoms with Crippen LogP contribution in [0.1, 0.15) is 38.8 Å². The minimum atomic E-state index is -1.44. The summed E-state index contributed by atoms with van der Waals surface area (Å²) in [6.45, 7) is 4.94. The molecule has 1 aromatic heterocycles. The number of ether oxygens (including phenoxy) is 1. The van der Waals surface area contributed by atoms with E-state index in [0.29, 0.717) is 26.0 Å². The van der Waals surface area contributed by atoms with Crippen molar-refractivity contribution in [1.29, 1.82) is 0 Å². The number of aromatic nitrogens is 2. The maximum absolute atomic E-state index is 12.9. The van der Waals surface area contributed by atoms with E-state index in [1.165, 1.54) is 11.0 Å². The van der Waals surface area contributed by atoms with E-state index in [-0.39, 0.29) is 50.4 Å². The minimum absolute atomic E-state index is 0.117. The zero-order valence-electron chi connectivity index (χ0n) is 19.8. The van der Waals surface area contributed by atoms with Gasteiger partial charge in [-0.2, -0.15) is 5.10 Å². The molecule has 3 atom stereocenters. The van der Waals surface area contributed by atoms with Crippen LogP contribution in [0, 0.1) is 5.92 Å². The molecule has 0 aliphatic carbocycles. The standard InChI is InChI=1S/C23H38N4O6/c1-17(2)14-22(31)27-12-11-26(21(30)7-6-18-8-9-24-25(18)3)10-4-5-13-33-16-20(29)23(32)19(28)15-27/h6-9,17,19-20,23,28-29,32H,4-5,10-16H2,1-3H3/b7-6+/t19-,20+,23+/m0/s1. The highest BCUT2D eigenvalue weighted by molar-refractivity contribution is 5.91. The van der Waals surface area contributed by atoms with Gasteiger partial charge in [-0.15, -0.1) is 0 Å². The SMILES string of the molecule is CC(C)CC(=O)N1CCN(C(=O)/C=C/c2ccnn2C)CCCCOC[C@@H](O)[C@H](O)[C@@H](O)C1. The lowest BCUT2D eigenvalue weighted by Gasteiger charge is -2.32. The molecule has 1 saturated heterocycles. The monoisotopic (exact) mass is 466 g/mol. The topological polar surface area (TPSA) is 128 Å². The zero-order chi connectivity index (χ0) is 24.4. The third-order valence-corrected chi connectivity index (χ3v) is 5.59. The van der Waals surface area contributed by atoms with Crippen molar-refractivity contribution in [1.82, 2.24) is 19.6 Å². The fourth-order valence-electron chi connectivity index (χ4n) is 3.58. The van der Waals surface area contributed by atoms with Gasteiger partial charge < -0.3 is 29.9 Å². The van der Waals surface area contributed by atoms with Crippen LogP contribution in [0.3, 0.4) is 0 Å². The summed E-state index contributed by atoms with van der Waals surface area (Å²) in [5.74, 6) is -0.241. The highest BCUT2D eigenvalue weighted by atomic mass is 16.5. The number of aryl methyl sites for hydroxylation is 1. The number of carbonyl (C=O) groups excluding carboxylic acids is 2. The van der Waals surface area contributed by atoms with Gasteiger partial charge in [0, 0.05) is 58.5 Å².